The molecule has 1 aromatic rings. The lowest BCUT2D eigenvalue weighted by molar-refractivity contribution is -0.115. The van der Waals surface area contributed by atoms with Crippen molar-refractivity contribution in [1.29, 1.82) is 0 Å². The highest BCUT2D eigenvalue weighted by atomic mass is 16.1. The molecule has 0 radical (unpaired) electrons. The van der Waals surface area contributed by atoms with Crippen molar-refractivity contribution in [2.24, 2.45) is 5.41 Å². The Hall–Kier alpha value is -1.22. The number of aromatic nitrogens is 1. The molecule has 82 valence electrons. The van der Waals surface area contributed by atoms with Crippen LogP contribution in [0.3, 0.4) is 0 Å². The molecule has 1 heterocycles. The summed E-state index contributed by atoms with van der Waals surface area (Å²) in [6.07, 6.45) is 4.62. The van der Waals surface area contributed by atoms with Gasteiger partial charge in [-0.25, -0.2) is 0 Å². The maximum Gasteiger partial charge on any atom is 0.126 e. The summed E-state index contributed by atoms with van der Waals surface area (Å²) in [5.41, 5.74) is 0.887. The first-order chi connectivity index (χ1) is 7.03. The van der Waals surface area contributed by atoms with E-state index in [4.69, 9.17) is 0 Å². The van der Waals surface area contributed by atoms with Crippen LogP contribution in [-0.4, -0.2) is 29.8 Å². The summed E-state index contributed by atoms with van der Waals surface area (Å²) in [6, 6.07) is 3.96. The highest BCUT2D eigenvalue weighted by Crippen LogP contribution is 2.13. The third-order valence-corrected chi connectivity index (χ3v) is 2.17. The molecule has 0 aliphatic heterocycles. The molecule has 0 bridgehead atoms. The van der Waals surface area contributed by atoms with Gasteiger partial charge in [0.2, 0.25) is 0 Å². The molecule has 3 heteroatoms. The first kappa shape index (κ1) is 11.9. The summed E-state index contributed by atoms with van der Waals surface area (Å²) in [5.74, 6) is 0. The highest BCUT2D eigenvalue weighted by Gasteiger charge is 2.18. The largest absolute Gasteiger partial charge is 0.303 e. The second kappa shape index (κ2) is 5.03. The summed E-state index contributed by atoms with van der Waals surface area (Å²) >= 11 is 0. The minimum Gasteiger partial charge on any atom is -0.303 e. The average molecular weight is 206 g/mol. The van der Waals surface area contributed by atoms with Gasteiger partial charge in [0.15, 0.2) is 0 Å². The van der Waals surface area contributed by atoms with Crippen LogP contribution in [0.4, 0.5) is 0 Å². The fourth-order valence-corrected chi connectivity index (χ4v) is 1.59. The predicted molar refractivity (Wildman–Crippen MR) is 60.4 cm³/mol. The number of nitrogens with zero attached hydrogens (tertiary/aromatic N) is 2. The number of hydrogen-bond acceptors (Lipinski definition) is 3. The number of carbonyl (C=O) groups excluding carboxylic acids is 1. The number of pyridine rings is 1. The van der Waals surface area contributed by atoms with Crippen LogP contribution in [0, 0.1) is 5.41 Å². The van der Waals surface area contributed by atoms with E-state index in [1.807, 2.05) is 39.2 Å². The van der Waals surface area contributed by atoms with E-state index in [1.165, 1.54) is 5.56 Å². The summed E-state index contributed by atoms with van der Waals surface area (Å²) in [7, 11) is 2.01. The van der Waals surface area contributed by atoms with Gasteiger partial charge in [0.25, 0.3) is 0 Å². The second-order valence-electron chi connectivity index (χ2n) is 4.64. The molecule has 15 heavy (non-hydrogen) atoms. The zero-order valence-electron chi connectivity index (χ0n) is 9.60. The minimum atomic E-state index is -0.281. The molecule has 0 aromatic carbocycles. The molecule has 0 spiro atoms. The van der Waals surface area contributed by atoms with Crippen molar-refractivity contribution in [3.05, 3.63) is 30.1 Å². The average Bonchev–Trinajstić information content (AvgIpc) is 2.18. The fourth-order valence-electron chi connectivity index (χ4n) is 1.59. The van der Waals surface area contributed by atoms with E-state index in [-0.39, 0.29) is 5.41 Å². The first-order valence-electron chi connectivity index (χ1n) is 5.07. The topological polar surface area (TPSA) is 33.2 Å². The van der Waals surface area contributed by atoms with Gasteiger partial charge in [-0.05, 0) is 18.7 Å². The Morgan fingerprint density at radius 1 is 1.53 bits per heavy atom. The van der Waals surface area contributed by atoms with Crippen LogP contribution in [0.25, 0.3) is 0 Å². The smallest absolute Gasteiger partial charge is 0.126 e. The van der Waals surface area contributed by atoms with Gasteiger partial charge in [-0.15, -0.1) is 0 Å². The van der Waals surface area contributed by atoms with Gasteiger partial charge < -0.3 is 9.69 Å². The summed E-state index contributed by atoms with van der Waals surface area (Å²) in [4.78, 5) is 17.0. The van der Waals surface area contributed by atoms with Crippen LogP contribution in [0.5, 0.6) is 0 Å². The highest BCUT2D eigenvalue weighted by molar-refractivity contribution is 5.58. The molecule has 0 fully saturated rings. The Kier molecular flexibility index (Phi) is 3.97. The van der Waals surface area contributed by atoms with Crippen LogP contribution in [-0.2, 0) is 11.3 Å². The molecule has 0 amide bonds. The van der Waals surface area contributed by atoms with Crippen molar-refractivity contribution < 1.29 is 4.79 Å². The normalized spacial score (nSPS) is 11.7. The Morgan fingerprint density at radius 3 is 2.80 bits per heavy atom. The molecule has 1 rings (SSSR count). The summed E-state index contributed by atoms with van der Waals surface area (Å²) in [5, 5.41) is 0. The van der Waals surface area contributed by atoms with Crippen LogP contribution >= 0.6 is 0 Å². The minimum absolute atomic E-state index is 0.281. The van der Waals surface area contributed by atoms with Gasteiger partial charge in [0, 0.05) is 30.9 Å². The van der Waals surface area contributed by atoms with Crippen LogP contribution in [0.15, 0.2) is 24.5 Å². The maximum absolute atomic E-state index is 10.8. The van der Waals surface area contributed by atoms with Gasteiger partial charge in [-0.2, -0.15) is 0 Å². The van der Waals surface area contributed by atoms with E-state index < -0.39 is 0 Å². The standard InChI is InChI=1S/C12H18N2O/c1-12(2,10-15)9-14(3)8-11-5-4-6-13-7-11/h4-7,10H,8-9H2,1-3H3. The summed E-state index contributed by atoms with van der Waals surface area (Å²) < 4.78 is 0. The molecule has 0 aliphatic rings. The van der Waals surface area contributed by atoms with E-state index in [9.17, 15) is 4.79 Å². The van der Waals surface area contributed by atoms with Crippen LogP contribution in [0.2, 0.25) is 0 Å². The van der Waals surface area contributed by atoms with Crippen molar-refractivity contribution >= 4 is 6.29 Å². The summed E-state index contributed by atoms with van der Waals surface area (Å²) in [6.45, 7) is 5.47. The lowest BCUT2D eigenvalue weighted by Crippen LogP contribution is -2.32. The molecule has 3 nitrogen and oxygen atoms in total. The first-order valence-corrected chi connectivity index (χ1v) is 5.07. The van der Waals surface area contributed by atoms with Gasteiger partial charge >= 0.3 is 0 Å². The number of hydrogen-bond donors (Lipinski definition) is 0. The SMILES string of the molecule is CN(Cc1cccnc1)CC(C)(C)C=O. The van der Waals surface area contributed by atoms with Gasteiger partial charge in [0.1, 0.15) is 6.29 Å². The Balaban J connectivity index is 2.50. The third kappa shape index (κ3) is 4.21. The molecule has 0 atom stereocenters. The monoisotopic (exact) mass is 206 g/mol. The van der Waals surface area contributed by atoms with Crippen LogP contribution in [0.1, 0.15) is 19.4 Å². The molecular weight excluding hydrogens is 188 g/mol. The molecule has 0 unspecified atom stereocenters. The van der Waals surface area contributed by atoms with Crippen molar-refractivity contribution in [3.8, 4) is 0 Å². The predicted octanol–water partition coefficient (Wildman–Crippen LogP) is 1.74. The number of rotatable bonds is 5. The van der Waals surface area contributed by atoms with E-state index in [2.05, 4.69) is 9.88 Å². The Labute approximate surface area is 91.1 Å². The number of aldehydes is 1. The van der Waals surface area contributed by atoms with Gasteiger partial charge in [-0.1, -0.05) is 19.9 Å². The van der Waals surface area contributed by atoms with Crippen molar-refractivity contribution in [2.45, 2.75) is 20.4 Å². The molecule has 0 saturated heterocycles. The van der Waals surface area contributed by atoms with Crippen LogP contribution < -0.4 is 0 Å². The molecule has 0 saturated carbocycles. The molecule has 1 aromatic heterocycles. The van der Waals surface area contributed by atoms with E-state index >= 15 is 0 Å². The van der Waals surface area contributed by atoms with E-state index in [1.54, 1.807) is 6.20 Å². The fraction of sp³-hybridized carbons (Fsp3) is 0.500. The maximum atomic E-state index is 10.8. The van der Waals surface area contributed by atoms with Crippen molar-refractivity contribution in [3.63, 3.8) is 0 Å². The quantitative estimate of drug-likeness (QED) is 0.688. The molecule has 0 aliphatic carbocycles. The van der Waals surface area contributed by atoms with Gasteiger partial charge in [0.05, 0.1) is 0 Å². The van der Waals surface area contributed by atoms with Crippen molar-refractivity contribution in [1.82, 2.24) is 9.88 Å². The van der Waals surface area contributed by atoms with Crippen molar-refractivity contribution in [2.75, 3.05) is 13.6 Å². The number of carbonyl (C=O) groups is 1. The Morgan fingerprint density at radius 2 is 2.27 bits per heavy atom. The molecular formula is C12H18N2O. The third-order valence-electron chi connectivity index (χ3n) is 2.17. The molecule has 0 N–H and O–H groups in total. The van der Waals surface area contributed by atoms with E-state index in [0.717, 1.165) is 19.4 Å². The van der Waals surface area contributed by atoms with Gasteiger partial charge in [-0.3, -0.25) is 4.98 Å². The zero-order chi connectivity index (χ0) is 11.3. The zero-order valence-corrected chi connectivity index (χ0v) is 9.60. The Bertz CT molecular complexity index is 309. The second-order valence-corrected chi connectivity index (χ2v) is 4.64. The lowest BCUT2D eigenvalue weighted by atomic mass is 9.95. The lowest BCUT2D eigenvalue weighted by Gasteiger charge is -2.25. The van der Waals surface area contributed by atoms with E-state index in [0.29, 0.717) is 0 Å².